The van der Waals surface area contributed by atoms with Crippen LogP contribution < -0.4 is 0 Å². The Kier molecular flexibility index (Phi) is 5.76. The highest BCUT2D eigenvalue weighted by Crippen LogP contribution is 2.32. The van der Waals surface area contributed by atoms with Crippen LogP contribution in [0.3, 0.4) is 0 Å². The molecule has 4 nitrogen and oxygen atoms in total. The van der Waals surface area contributed by atoms with Gasteiger partial charge in [0.25, 0.3) is 0 Å². The molecule has 5 heteroatoms. The Labute approximate surface area is 175 Å². The predicted octanol–water partition coefficient (Wildman–Crippen LogP) is 5.39. The number of benzene rings is 3. The number of hydrogen-bond donors (Lipinski definition) is 0. The Balaban J connectivity index is 1.61. The molecule has 0 aromatic heterocycles. The van der Waals surface area contributed by atoms with Crippen molar-refractivity contribution in [1.82, 2.24) is 4.90 Å². The summed E-state index contributed by atoms with van der Waals surface area (Å²) in [7, 11) is 0. The largest absolute Gasteiger partial charge is 0.284 e. The van der Waals surface area contributed by atoms with Gasteiger partial charge in [-0.25, -0.2) is 0 Å². The van der Waals surface area contributed by atoms with Crippen molar-refractivity contribution in [3.8, 4) is 0 Å². The summed E-state index contributed by atoms with van der Waals surface area (Å²) >= 11 is 1.50. The Bertz CT molecular complexity index is 1080. The molecule has 0 bridgehead atoms. The summed E-state index contributed by atoms with van der Waals surface area (Å²) in [5.41, 5.74) is 3.31. The van der Waals surface area contributed by atoms with Crippen LogP contribution in [0.15, 0.2) is 76.9 Å². The summed E-state index contributed by atoms with van der Waals surface area (Å²) in [6, 6.07) is 22.6. The summed E-state index contributed by atoms with van der Waals surface area (Å²) in [4.78, 5) is 14.7. The maximum atomic E-state index is 12.9. The minimum absolute atomic E-state index is 0.0988. The number of carbonyl (C=O) groups excluding carboxylic acids is 1. The molecule has 1 saturated heterocycles. The van der Waals surface area contributed by atoms with Gasteiger partial charge in [-0.05, 0) is 35.2 Å². The molecule has 1 aliphatic rings. The first-order valence-electron chi connectivity index (χ1n) is 9.78. The van der Waals surface area contributed by atoms with Gasteiger partial charge in [0.2, 0.25) is 5.91 Å². The number of fused-ring (bicyclic) bond motifs is 1. The van der Waals surface area contributed by atoms with Gasteiger partial charge in [0.1, 0.15) is 0 Å². The molecule has 0 N–H and O–H groups in total. The maximum absolute atomic E-state index is 12.9. The number of hydrogen-bond acceptors (Lipinski definition) is 4. The Morgan fingerprint density at radius 2 is 1.79 bits per heavy atom. The van der Waals surface area contributed by atoms with Crippen molar-refractivity contribution in [3.05, 3.63) is 83.4 Å². The number of thioether (sulfide) groups is 1. The summed E-state index contributed by atoms with van der Waals surface area (Å²) < 4.78 is 0. The first kappa shape index (κ1) is 19.4. The molecule has 1 atom stereocenters. The lowest BCUT2D eigenvalue weighted by atomic mass is 10.0. The van der Waals surface area contributed by atoms with Gasteiger partial charge in [0.15, 0.2) is 5.17 Å². The Hall–Kier alpha value is -2.92. The predicted molar refractivity (Wildman–Crippen MR) is 122 cm³/mol. The highest BCUT2D eigenvalue weighted by Gasteiger charge is 2.37. The fraction of sp³-hybridized carbons (Fsp3) is 0.208. The molecule has 1 amide bonds. The van der Waals surface area contributed by atoms with E-state index in [1.165, 1.54) is 22.7 Å². The zero-order valence-electron chi connectivity index (χ0n) is 16.6. The zero-order valence-corrected chi connectivity index (χ0v) is 17.4. The summed E-state index contributed by atoms with van der Waals surface area (Å²) in [5.74, 6) is 0.106. The van der Waals surface area contributed by atoms with Gasteiger partial charge >= 0.3 is 0 Å². The minimum Gasteiger partial charge on any atom is -0.284 e. The average molecular weight is 402 g/mol. The second kappa shape index (κ2) is 8.62. The van der Waals surface area contributed by atoms with Crippen LogP contribution in [0.4, 0.5) is 0 Å². The molecule has 29 heavy (non-hydrogen) atoms. The number of carbonyl (C=O) groups is 1. The van der Waals surface area contributed by atoms with E-state index in [0.717, 1.165) is 22.9 Å². The molecule has 3 aromatic carbocycles. The molecule has 1 heterocycles. The van der Waals surface area contributed by atoms with Crippen molar-refractivity contribution in [3.63, 3.8) is 0 Å². The lowest BCUT2D eigenvalue weighted by Gasteiger charge is -2.17. The summed E-state index contributed by atoms with van der Waals surface area (Å²) in [6.45, 7) is 4.59. The summed E-state index contributed by atoms with van der Waals surface area (Å²) in [5, 5.41) is 11.6. The molecular formula is C24H23N3OS. The maximum Gasteiger partial charge on any atom is 0.242 e. The highest BCUT2D eigenvalue weighted by atomic mass is 32.2. The van der Waals surface area contributed by atoms with Crippen LogP contribution in [0.2, 0.25) is 0 Å². The van der Waals surface area contributed by atoms with E-state index in [4.69, 9.17) is 0 Å². The van der Waals surface area contributed by atoms with Crippen LogP contribution in [0.25, 0.3) is 10.8 Å². The van der Waals surface area contributed by atoms with Crippen LogP contribution in [0.1, 0.15) is 30.0 Å². The molecule has 146 valence electrons. The summed E-state index contributed by atoms with van der Waals surface area (Å²) in [6.07, 6.45) is 2.50. The molecule has 4 rings (SSSR count). The van der Waals surface area contributed by atoms with Crippen LogP contribution in [0, 0.1) is 6.92 Å². The van der Waals surface area contributed by atoms with E-state index in [9.17, 15) is 4.79 Å². The third-order valence-electron chi connectivity index (χ3n) is 5.03. The van der Waals surface area contributed by atoms with E-state index in [1.54, 1.807) is 11.1 Å². The SMILES string of the molecule is CCC1S/C(=N\N=C\c2ccc(C)cc2)N(Cc2cccc3ccccc23)C1=O. The van der Waals surface area contributed by atoms with Gasteiger partial charge in [-0.3, -0.25) is 9.69 Å². The lowest BCUT2D eigenvalue weighted by Crippen LogP contribution is -2.31. The highest BCUT2D eigenvalue weighted by molar-refractivity contribution is 8.15. The number of nitrogens with zero attached hydrogens (tertiary/aromatic N) is 3. The van der Waals surface area contributed by atoms with Gasteiger partial charge in [0, 0.05) is 0 Å². The van der Waals surface area contributed by atoms with E-state index >= 15 is 0 Å². The molecule has 0 spiro atoms. The minimum atomic E-state index is -0.0988. The fourth-order valence-corrected chi connectivity index (χ4v) is 4.41. The van der Waals surface area contributed by atoms with Gasteiger partial charge in [0.05, 0.1) is 18.0 Å². The van der Waals surface area contributed by atoms with E-state index in [2.05, 4.69) is 41.4 Å². The van der Waals surface area contributed by atoms with Crippen molar-refractivity contribution in [2.45, 2.75) is 32.1 Å². The van der Waals surface area contributed by atoms with Gasteiger partial charge in [-0.1, -0.05) is 91.0 Å². The van der Waals surface area contributed by atoms with Crippen molar-refractivity contribution >= 4 is 39.8 Å². The first-order valence-corrected chi connectivity index (χ1v) is 10.7. The molecule has 3 aromatic rings. The zero-order chi connectivity index (χ0) is 20.2. The number of amides is 1. The van der Waals surface area contributed by atoms with Crippen LogP contribution in [-0.4, -0.2) is 27.4 Å². The first-order chi connectivity index (χ1) is 14.2. The molecule has 1 unspecified atom stereocenters. The van der Waals surface area contributed by atoms with Crippen LogP contribution >= 0.6 is 11.8 Å². The van der Waals surface area contributed by atoms with Crippen molar-refractivity contribution < 1.29 is 4.79 Å². The second-order valence-corrected chi connectivity index (χ2v) is 8.29. The standard InChI is InChI=1S/C24H23N3OS/c1-3-22-23(28)27(16-20-9-6-8-19-7-4-5-10-21(19)20)24(29-22)26-25-15-18-13-11-17(2)12-14-18/h4-15,22H,3,16H2,1-2H3/b25-15+,26-24-. The van der Waals surface area contributed by atoms with Crippen LogP contribution in [-0.2, 0) is 11.3 Å². The Morgan fingerprint density at radius 3 is 2.59 bits per heavy atom. The van der Waals surface area contributed by atoms with Crippen LogP contribution in [0.5, 0.6) is 0 Å². The van der Waals surface area contributed by atoms with E-state index in [-0.39, 0.29) is 11.2 Å². The van der Waals surface area contributed by atoms with Crippen molar-refractivity contribution in [2.24, 2.45) is 10.2 Å². The van der Waals surface area contributed by atoms with Crippen molar-refractivity contribution in [1.29, 1.82) is 0 Å². The average Bonchev–Trinajstić information content (AvgIpc) is 3.04. The number of rotatable bonds is 5. The van der Waals surface area contributed by atoms with E-state index in [0.29, 0.717) is 11.7 Å². The molecule has 1 aliphatic heterocycles. The molecular weight excluding hydrogens is 378 g/mol. The molecule has 0 saturated carbocycles. The van der Waals surface area contributed by atoms with E-state index in [1.807, 2.05) is 49.4 Å². The smallest absolute Gasteiger partial charge is 0.242 e. The molecule has 0 radical (unpaired) electrons. The third-order valence-corrected chi connectivity index (χ3v) is 6.36. The normalized spacial score (nSPS) is 18.4. The number of amidine groups is 1. The number of aryl methyl sites for hydroxylation is 1. The molecule has 0 aliphatic carbocycles. The fourth-order valence-electron chi connectivity index (χ4n) is 3.39. The monoisotopic (exact) mass is 401 g/mol. The quantitative estimate of drug-likeness (QED) is 0.425. The lowest BCUT2D eigenvalue weighted by molar-refractivity contribution is -0.126. The van der Waals surface area contributed by atoms with Gasteiger partial charge in [-0.2, -0.15) is 5.10 Å². The van der Waals surface area contributed by atoms with E-state index < -0.39 is 0 Å². The van der Waals surface area contributed by atoms with Crippen molar-refractivity contribution in [2.75, 3.05) is 0 Å². The third kappa shape index (κ3) is 4.25. The topological polar surface area (TPSA) is 45.0 Å². The van der Waals surface area contributed by atoms with Gasteiger partial charge in [-0.15, -0.1) is 5.10 Å². The molecule has 1 fully saturated rings. The second-order valence-electron chi connectivity index (χ2n) is 7.12. The Morgan fingerprint density at radius 1 is 1.03 bits per heavy atom. The van der Waals surface area contributed by atoms with Gasteiger partial charge < -0.3 is 0 Å².